The minimum absolute atomic E-state index is 0.0205. The second kappa shape index (κ2) is 17.6. The lowest BCUT2D eigenvalue weighted by molar-refractivity contribution is -0.141. The van der Waals surface area contributed by atoms with Crippen LogP contribution < -0.4 is 11.1 Å². The molecule has 0 radical (unpaired) electrons. The van der Waals surface area contributed by atoms with Crippen molar-refractivity contribution in [3.05, 3.63) is 70.1 Å². The Hall–Kier alpha value is -4.21. The van der Waals surface area contributed by atoms with Gasteiger partial charge in [0.1, 0.15) is 0 Å². The molecule has 15 heteroatoms. The van der Waals surface area contributed by atoms with Crippen molar-refractivity contribution < 1.29 is 61.5 Å². The molecule has 0 aliphatic carbocycles. The molecule has 0 saturated carbocycles. The average Bonchev–Trinajstić information content (AvgIpc) is 2.93. The van der Waals surface area contributed by atoms with Crippen molar-refractivity contribution in [2.45, 2.75) is 25.9 Å². The van der Waals surface area contributed by atoms with Crippen LogP contribution in [0.3, 0.4) is 0 Å². The van der Waals surface area contributed by atoms with Gasteiger partial charge < -0.3 is 40.2 Å². The Balaban J connectivity index is 0.000000962. The Morgan fingerprint density at radius 2 is 1.57 bits per heavy atom. The van der Waals surface area contributed by atoms with E-state index in [1.54, 1.807) is 6.92 Å². The lowest BCUT2D eigenvalue weighted by atomic mass is 9.78. The number of nitrogens with two attached hydrogens (primary N) is 1. The molecule has 5 N–H and O–H groups in total. The van der Waals surface area contributed by atoms with Gasteiger partial charge in [-0.25, -0.2) is 19.2 Å². The number of nitrogens with one attached hydrogen (secondary N) is 1. The molecule has 1 heterocycles. The third kappa shape index (κ3) is 11.0. The summed E-state index contributed by atoms with van der Waals surface area (Å²) in [4.78, 5) is 44.8. The molecule has 0 aromatic heterocycles. The molecule has 0 saturated heterocycles. The minimum Gasteiger partial charge on any atom is -0.478 e. The van der Waals surface area contributed by atoms with E-state index in [1.165, 1.54) is 25.1 Å². The molecule has 0 amide bonds. The Bertz CT molecular complexity index is 1190. The van der Waals surface area contributed by atoms with Gasteiger partial charge in [-0.2, -0.15) is 13.2 Å². The van der Waals surface area contributed by atoms with E-state index in [0.717, 1.165) is 13.2 Å². The summed E-state index contributed by atoms with van der Waals surface area (Å²) in [6.45, 7) is 3.99. The van der Waals surface area contributed by atoms with Crippen molar-refractivity contribution in [3.63, 3.8) is 0 Å². The van der Waals surface area contributed by atoms with Crippen LogP contribution in [-0.4, -0.2) is 80.8 Å². The predicted octanol–water partition coefficient (Wildman–Crippen LogP) is 2.36. The number of methoxy groups -OCH3 is 1. The number of dihydropyridines is 1. The second-order valence-electron chi connectivity index (χ2n) is 8.25. The highest BCUT2D eigenvalue weighted by atomic mass is 19.4. The number of carboxylic acid groups (broad SMARTS) is 2. The van der Waals surface area contributed by atoms with Crippen LogP contribution in [0, 0.1) is 0 Å². The zero-order chi connectivity index (χ0) is 31.9. The fourth-order valence-electron chi connectivity index (χ4n) is 3.78. The standard InChI is InChI=1S/C23H29F3N2O6.C4H4O4/c1-4-34-22(30)20-17(13-33-12-11-32-10-9-27)28-14(2)18(21(29)31-3)19(20)15-7-5-6-8-16(15)23(24,25)26;5-3(6)1-2-4(7)8/h5-8,19,28H,4,9-13,27H2,1-3H3;1-2H,(H,5,6)(H,7,8)/b;2-1+/t19-;/m1./s1. The third-order valence-corrected chi connectivity index (χ3v) is 5.37. The number of halogens is 3. The first kappa shape index (κ1) is 35.8. The highest BCUT2D eigenvalue weighted by Gasteiger charge is 2.43. The van der Waals surface area contributed by atoms with Gasteiger partial charge >= 0.3 is 30.1 Å². The lowest BCUT2D eigenvalue weighted by Gasteiger charge is -2.32. The van der Waals surface area contributed by atoms with Crippen LogP contribution >= 0.6 is 0 Å². The zero-order valence-electron chi connectivity index (χ0n) is 23.2. The molecule has 0 bridgehead atoms. The highest BCUT2D eigenvalue weighted by molar-refractivity contribution is 6.00. The van der Waals surface area contributed by atoms with Crippen LogP contribution in [-0.2, 0) is 44.3 Å². The summed E-state index contributed by atoms with van der Waals surface area (Å²) in [5.74, 6) is -5.65. The maximum Gasteiger partial charge on any atom is 0.416 e. The van der Waals surface area contributed by atoms with E-state index in [4.69, 9.17) is 34.9 Å². The Morgan fingerprint density at radius 1 is 0.976 bits per heavy atom. The number of carboxylic acids is 2. The van der Waals surface area contributed by atoms with Crippen molar-refractivity contribution in [1.82, 2.24) is 5.32 Å². The van der Waals surface area contributed by atoms with Crippen molar-refractivity contribution in [3.8, 4) is 0 Å². The van der Waals surface area contributed by atoms with E-state index < -0.39 is 41.5 Å². The van der Waals surface area contributed by atoms with Crippen molar-refractivity contribution >= 4 is 23.9 Å². The third-order valence-electron chi connectivity index (χ3n) is 5.37. The second-order valence-corrected chi connectivity index (χ2v) is 8.25. The molecule has 1 aromatic carbocycles. The number of ether oxygens (including phenoxy) is 4. The number of hydrogen-bond acceptors (Lipinski definition) is 10. The van der Waals surface area contributed by atoms with Gasteiger partial charge in [0, 0.05) is 24.4 Å². The summed E-state index contributed by atoms with van der Waals surface area (Å²) in [5, 5.41) is 18.5. The average molecular weight is 603 g/mol. The fourth-order valence-corrected chi connectivity index (χ4v) is 3.78. The number of alkyl halides is 3. The van der Waals surface area contributed by atoms with Crippen LogP contribution in [0.25, 0.3) is 0 Å². The molecule has 2 rings (SSSR count). The first-order valence-corrected chi connectivity index (χ1v) is 12.4. The number of aliphatic carboxylic acids is 2. The minimum atomic E-state index is -4.73. The van der Waals surface area contributed by atoms with Gasteiger partial charge in [-0.05, 0) is 25.5 Å². The summed E-state index contributed by atoms with van der Waals surface area (Å²) in [7, 11) is 1.11. The molecule has 0 spiro atoms. The van der Waals surface area contributed by atoms with E-state index >= 15 is 0 Å². The van der Waals surface area contributed by atoms with Gasteiger partial charge in [-0.1, -0.05) is 18.2 Å². The monoisotopic (exact) mass is 602 g/mol. The molecule has 232 valence electrons. The molecule has 12 nitrogen and oxygen atoms in total. The topological polar surface area (TPSA) is 184 Å². The van der Waals surface area contributed by atoms with Gasteiger partial charge in [0.05, 0.1) is 68.5 Å². The Labute approximate surface area is 239 Å². The number of rotatable bonds is 13. The fraction of sp³-hybridized carbons (Fsp3) is 0.407. The van der Waals surface area contributed by atoms with E-state index in [1.807, 2.05) is 0 Å². The van der Waals surface area contributed by atoms with Crippen LogP contribution in [0.1, 0.15) is 30.9 Å². The first-order valence-electron chi connectivity index (χ1n) is 12.4. The largest absolute Gasteiger partial charge is 0.478 e. The number of hydrogen-bond donors (Lipinski definition) is 4. The van der Waals surface area contributed by atoms with E-state index in [2.05, 4.69) is 5.32 Å². The normalized spacial score (nSPS) is 15.1. The summed E-state index contributed by atoms with van der Waals surface area (Å²) in [6.07, 6.45) is -3.61. The number of carbonyl (C=O) groups excluding carboxylic acids is 2. The van der Waals surface area contributed by atoms with Crippen molar-refractivity contribution in [2.75, 3.05) is 46.7 Å². The molecular weight excluding hydrogens is 569 g/mol. The molecule has 1 aromatic rings. The Morgan fingerprint density at radius 3 is 2.10 bits per heavy atom. The molecule has 1 atom stereocenters. The van der Waals surface area contributed by atoms with Crippen LogP contribution in [0.2, 0.25) is 0 Å². The maximum absolute atomic E-state index is 13.9. The molecule has 1 aliphatic heterocycles. The molecule has 0 fully saturated rings. The van der Waals surface area contributed by atoms with Gasteiger partial charge in [-0.15, -0.1) is 0 Å². The van der Waals surface area contributed by atoms with Gasteiger partial charge in [0.25, 0.3) is 0 Å². The summed E-state index contributed by atoms with van der Waals surface area (Å²) in [6, 6.07) is 4.77. The SMILES string of the molecule is CCOC(=O)C1=C(COCCOCCN)NC(C)=C(C(=O)OC)[C@H]1c1ccccc1C(F)(F)F.O=C(O)/C=C/C(=O)O. The molecule has 1 aliphatic rings. The highest BCUT2D eigenvalue weighted by Crippen LogP contribution is 2.44. The maximum atomic E-state index is 13.9. The van der Waals surface area contributed by atoms with Gasteiger partial charge in [-0.3, -0.25) is 0 Å². The number of carbonyl (C=O) groups is 4. The summed E-state index contributed by atoms with van der Waals surface area (Å²) < 4.78 is 62.5. The quantitative estimate of drug-likeness (QED) is 0.147. The van der Waals surface area contributed by atoms with E-state index in [0.29, 0.717) is 25.3 Å². The van der Waals surface area contributed by atoms with Gasteiger partial charge in [0.2, 0.25) is 0 Å². The molecular formula is C27H33F3N2O10. The zero-order valence-corrected chi connectivity index (χ0v) is 23.2. The number of esters is 2. The van der Waals surface area contributed by atoms with Crippen LogP contribution in [0.5, 0.6) is 0 Å². The van der Waals surface area contributed by atoms with E-state index in [9.17, 15) is 32.3 Å². The number of benzene rings is 1. The molecule has 0 unspecified atom stereocenters. The molecule has 42 heavy (non-hydrogen) atoms. The first-order chi connectivity index (χ1) is 19.8. The number of allylic oxidation sites excluding steroid dienone is 1. The lowest BCUT2D eigenvalue weighted by Crippen LogP contribution is -2.35. The van der Waals surface area contributed by atoms with Crippen molar-refractivity contribution in [2.24, 2.45) is 5.73 Å². The smallest absolute Gasteiger partial charge is 0.416 e. The predicted molar refractivity (Wildman–Crippen MR) is 141 cm³/mol. The summed E-state index contributed by atoms with van der Waals surface area (Å²) >= 11 is 0. The van der Waals surface area contributed by atoms with Gasteiger partial charge in [0.15, 0.2) is 0 Å². The Kier molecular flexibility index (Phi) is 15.0. The van der Waals surface area contributed by atoms with Crippen molar-refractivity contribution in [1.29, 1.82) is 0 Å². The van der Waals surface area contributed by atoms with Crippen LogP contribution in [0.4, 0.5) is 13.2 Å². The van der Waals surface area contributed by atoms with Crippen LogP contribution in [0.15, 0.2) is 59.0 Å². The van der Waals surface area contributed by atoms with E-state index in [-0.39, 0.29) is 54.5 Å². The summed E-state index contributed by atoms with van der Waals surface area (Å²) in [5.41, 5.74) is 4.24.